The van der Waals surface area contributed by atoms with Crippen molar-refractivity contribution in [3.8, 4) is 0 Å². The molecule has 7 atom stereocenters. The van der Waals surface area contributed by atoms with Gasteiger partial charge in [0.15, 0.2) is 6.04 Å². The van der Waals surface area contributed by atoms with E-state index in [1.165, 1.54) is 38.3 Å². The molecule has 2 aromatic rings. The first-order valence-electron chi connectivity index (χ1n) is 13.1. The molecule has 3 saturated carbocycles. The highest BCUT2D eigenvalue weighted by Crippen LogP contribution is 2.53. The minimum absolute atomic E-state index is 0.110. The summed E-state index contributed by atoms with van der Waals surface area (Å²) in [6.07, 6.45) is 4.70. The van der Waals surface area contributed by atoms with Crippen molar-refractivity contribution >= 4 is 11.7 Å². The number of halogens is 3. The zero-order valence-corrected chi connectivity index (χ0v) is 20.0. The quantitative estimate of drug-likeness (QED) is 0.553. The summed E-state index contributed by atoms with van der Waals surface area (Å²) in [7, 11) is 0. The van der Waals surface area contributed by atoms with Crippen molar-refractivity contribution in [3.05, 3.63) is 47.2 Å². The highest BCUT2D eigenvalue weighted by atomic mass is 19.4. The van der Waals surface area contributed by atoms with Crippen LogP contribution in [0.5, 0.6) is 0 Å². The summed E-state index contributed by atoms with van der Waals surface area (Å²) in [6, 6.07) is 5.46. The number of amides is 1. The Morgan fingerprint density at radius 3 is 2.51 bits per heavy atom. The first kappa shape index (κ1) is 22.9. The normalized spacial score (nSPS) is 33.7. The molecule has 35 heavy (non-hydrogen) atoms. The third kappa shape index (κ3) is 4.02. The van der Waals surface area contributed by atoms with Crippen molar-refractivity contribution < 1.29 is 18.0 Å². The fourth-order valence-electron chi connectivity index (χ4n) is 7.45. The predicted octanol–water partition coefficient (Wildman–Crippen LogP) is 6.05. The topological polar surface area (TPSA) is 59.0 Å². The Hall–Kier alpha value is -2.51. The third-order valence-electron chi connectivity index (χ3n) is 9.22. The average Bonchev–Trinajstić information content (AvgIpc) is 3.37. The van der Waals surface area contributed by atoms with Gasteiger partial charge in [-0.1, -0.05) is 44.0 Å². The highest BCUT2D eigenvalue weighted by Gasteiger charge is 2.50. The molecule has 3 bridgehead atoms. The number of rotatable bonds is 4. The molecule has 1 amide bonds. The number of carbonyl (C=O) groups is 1. The van der Waals surface area contributed by atoms with E-state index in [1.54, 1.807) is 0 Å². The highest BCUT2D eigenvalue weighted by molar-refractivity contribution is 5.99. The van der Waals surface area contributed by atoms with Crippen LogP contribution in [-0.4, -0.2) is 27.9 Å². The Kier molecular flexibility index (Phi) is 5.60. The number of aryl methyl sites for hydroxylation is 1. The number of benzene rings is 1. The second-order valence-electron chi connectivity index (χ2n) is 11.1. The predicted molar refractivity (Wildman–Crippen MR) is 127 cm³/mol. The van der Waals surface area contributed by atoms with Crippen LogP contribution in [-0.2, 0) is 6.42 Å². The number of nitrogens with one attached hydrogen (secondary N) is 2. The summed E-state index contributed by atoms with van der Waals surface area (Å²) in [4.78, 5) is 13.5. The van der Waals surface area contributed by atoms with E-state index in [0.717, 1.165) is 40.5 Å². The number of hydrogen-bond acceptors (Lipinski definition) is 3. The fraction of sp³-hybridized carbons (Fsp3) is 0.630. The number of anilines is 1. The summed E-state index contributed by atoms with van der Waals surface area (Å²) in [6.45, 7) is 2.04. The second-order valence-corrected chi connectivity index (χ2v) is 11.1. The number of carbonyl (C=O) groups excluding carboxylic acids is 1. The molecule has 4 aliphatic rings. The number of nitrogens with zero attached hydrogens (tertiary/aromatic N) is 2. The zero-order valence-electron chi connectivity index (χ0n) is 20.0. The van der Waals surface area contributed by atoms with Crippen LogP contribution in [0.2, 0.25) is 0 Å². The van der Waals surface area contributed by atoms with Crippen molar-refractivity contribution in [1.82, 2.24) is 15.1 Å². The first-order valence-corrected chi connectivity index (χ1v) is 13.1. The van der Waals surface area contributed by atoms with E-state index in [4.69, 9.17) is 0 Å². The third-order valence-corrected chi connectivity index (χ3v) is 9.22. The smallest absolute Gasteiger partial charge is 0.363 e. The summed E-state index contributed by atoms with van der Waals surface area (Å²) in [5.74, 6) is 2.40. The van der Waals surface area contributed by atoms with Crippen LogP contribution < -0.4 is 10.6 Å². The molecule has 2 N–H and O–H groups in total. The van der Waals surface area contributed by atoms with E-state index < -0.39 is 18.3 Å². The summed E-state index contributed by atoms with van der Waals surface area (Å²) in [5.41, 5.74) is 2.13. The minimum Gasteiger partial charge on any atom is -0.363 e. The van der Waals surface area contributed by atoms with Gasteiger partial charge in [0.2, 0.25) is 0 Å². The molecule has 0 saturated heterocycles. The van der Waals surface area contributed by atoms with E-state index in [-0.39, 0.29) is 29.8 Å². The van der Waals surface area contributed by atoms with Crippen molar-refractivity contribution in [2.45, 2.75) is 82.6 Å². The number of hydrogen-bond donors (Lipinski definition) is 2. The van der Waals surface area contributed by atoms with E-state index >= 15 is 0 Å². The van der Waals surface area contributed by atoms with Crippen LogP contribution in [0.25, 0.3) is 0 Å². The SMILES string of the molecule is CCc1ccc(C2CC(C(F)(F)F)n3ncc(C(=O)NC4C5CCCC6CC4CC6C5)c3N2)cc1. The summed E-state index contributed by atoms with van der Waals surface area (Å²) >= 11 is 0. The molecule has 2 heterocycles. The van der Waals surface area contributed by atoms with Gasteiger partial charge >= 0.3 is 6.18 Å². The molecule has 1 aromatic heterocycles. The Bertz CT molecular complexity index is 1090. The molecule has 188 valence electrons. The van der Waals surface area contributed by atoms with Gasteiger partial charge in [0.05, 0.1) is 12.2 Å². The molecule has 3 fully saturated rings. The van der Waals surface area contributed by atoms with E-state index in [2.05, 4.69) is 15.7 Å². The Morgan fingerprint density at radius 1 is 1.06 bits per heavy atom. The molecule has 0 spiro atoms. The molecular formula is C27H33F3N4O. The van der Waals surface area contributed by atoms with Gasteiger partial charge in [-0.15, -0.1) is 0 Å². The largest absolute Gasteiger partial charge is 0.410 e. The zero-order chi connectivity index (χ0) is 24.3. The van der Waals surface area contributed by atoms with Crippen LogP contribution in [0.15, 0.2) is 30.5 Å². The van der Waals surface area contributed by atoms with Crippen LogP contribution in [0.1, 0.15) is 85.4 Å². The fourth-order valence-corrected chi connectivity index (χ4v) is 7.45. The standard InChI is InChI=1S/C27H33F3N4O/c1-2-15-6-8-16(9-7-15)22-13-23(27(28,29)30)34-25(32-22)21(14-31-34)26(35)33-24-18-5-3-4-17-10-20(24)12-19(17)11-18/h6-9,14,17-20,22-24,32H,2-5,10-13H2,1H3,(H,33,35). The Labute approximate surface area is 203 Å². The second kappa shape index (κ2) is 8.56. The van der Waals surface area contributed by atoms with Gasteiger partial charge in [0, 0.05) is 12.5 Å². The molecule has 5 nitrogen and oxygen atoms in total. The Balaban J connectivity index is 1.28. The number of fused-ring (bicyclic) bond motifs is 3. The van der Waals surface area contributed by atoms with Crippen molar-refractivity contribution in [1.29, 1.82) is 0 Å². The molecule has 3 aliphatic carbocycles. The van der Waals surface area contributed by atoms with Gasteiger partial charge in [-0.2, -0.15) is 18.3 Å². The van der Waals surface area contributed by atoms with Crippen LogP contribution in [0.3, 0.4) is 0 Å². The summed E-state index contributed by atoms with van der Waals surface area (Å²) < 4.78 is 43.2. The van der Waals surface area contributed by atoms with Gasteiger partial charge in [0.1, 0.15) is 11.4 Å². The summed E-state index contributed by atoms with van der Waals surface area (Å²) in [5, 5.41) is 10.6. The van der Waals surface area contributed by atoms with Crippen LogP contribution in [0, 0.1) is 23.7 Å². The van der Waals surface area contributed by atoms with Gasteiger partial charge in [-0.25, -0.2) is 4.68 Å². The van der Waals surface area contributed by atoms with Crippen LogP contribution in [0.4, 0.5) is 19.0 Å². The minimum atomic E-state index is -4.46. The number of aromatic nitrogens is 2. The average molecular weight is 487 g/mol. The molecule has 6 rings (SSSR count). The van der Waals surface area contributed by atoms with Crippen molar-refractivity contribution in [2.24, 2.45) is 23.7 Å². The van der Waals surface area contributed by atoms with Crippen molar-refractivity contribution in [2.75, 3.05) is 5.32 Å². The van der Waals surface area contributed by atoms with Crippen molar-refractivity contribution in [3.63, 3.8) is 0 Å². The van der Waals surface area contributed by atoms with E-state index in [1.807, 2.05) is 31.2 Å². The molecule has 1 aromatic carbocycles. The number of alkyl halides is 3. The lowest BCUT2D eigenvalue weighted by Gasteiger charge is -2.37. The van der Waals surface area contributed by atoms with E-state index in [0.29, 0.717) is 11.8 Å². The maximum atomic E-state index is 14.1. The van der Waals surface area contributed by atoms with Gasteiger partial charge < -0.3 is 10.6 Å². The maximum absolute atomic E-state index is 14.1. The molecule has 0 radical (unpaired) electrons. The van der Waals surface area contributed by atoms with Crippen LogP contribution >= 0.6 is 0 Å². The van der Waals surface area contributed by atoms with Gasteiger partial charge in [-0.3, -0.25) is 4.79 Å². The molecule has 1 aliphatic heterocycles. The van der Waals surface area contributed by atoms with E-state index in [9.17, 15) is 18.0 Å². The Morgan fingerprint density at radius 2 is 1.77 bits per heavy atom. The van der Waals surface area contributed by atoms with Gasteiger partial charge in [-0.05, 0) is 66.9 Å². The van der Waals surface area contributed by atoms with Gasteiger partial charge in [0.25, 0.3) is 5.91 Å². The molecule has 7 unspecified atom stereocenters. The first-order chi connectivity index (χ1) is 16.8. The maximum Gasteiger partial charge on any atom is 0.410 e. The lowest BCUT2D eigenvalue weighted by molar-refractivity contribution is -0.173. The lowest BCUT2D eigenvalue weighted by Crippen LogP contribution is -2.47. The monoisotopic (exact) mass is 486 g/mol. The molecule has 8 heteroatoms. The lowest BCUT2D eigenvalue weighted by atomic mass is 9.75. The molecular weight excluding hydrogens is 453 g/mol.